The minimum atomic E-state index is -0.757. The first-order valence-electron chi connectivity index (χ1n) is 21.9. The van der Waals surface area contributed by atoms with E-state index in [1.165, 1.54) is 135 Å². The van der Waals surface area contributed by atoms with Gasteiger partial charge in [-0.25, -0.2) is 0 Å². The lowest BCUT2D eigenvalue weighted by atomic mass is 9.99. The lowest BCUT2D eigenvalue weighted by Gasteiger charge is -2.18. The fourth-order valence-electron chi connectivity index (χ4n) is 6.42. The minimum Gasteiger partial charge on any atom is -0.462 e. The molecule has 2 atom stereocenters. The third-order valence-electron chi connectivity index (χ3n) is 10.2. The van der Waals surface area contributed by atoms with E-state index in [1.807, 2.05) is 0 Å². The largest absolute Gasteiger partial charge is 0.462 e. The van der Waals surface area contributed by atoms with E-state index in [0.29, 0.717) is 19.3 Å². The number of esters is 3. The van der Waals surface area contributed by atoms with Crippen LogP contribution in [0.25, 0.3) is 0 Å². The molecule has 0 rings (SSSR count). The first-order valence-corrected chi connectivity index (χ1v) is 21.9. The first kappa shape index (κ1) is 48.4. The summed E-state index contributed by atoms with van der Waals surface area (Å²) in [6.07, 6.45) is 36.6. The summed E-state index contributed by atoms with van der Waals surface area (Å²) in [4.78, 5) is 37.5. The third kappa shape index (κ3) is 36.2. The Kier molecular flexibility index (Phi) is 37.4. The Hall–Kier alpha value is -1.59. The first-order chi connectivity index (χ1) is 24.4. The number of unbranched alkanes of at least 4 members (excludes halogenated alkanes) is 25. The molecular formula is C44H84O6. The summed E-state index contributed by atoms with van der Waals surface area (Å²) >= 11 is 0. The molecule has 0 aromatic heterocycles. The molecule has 0 fully saturated rings. The molecule has 0 radical (unpaired) electrons. The summed E-state index contributed by atoms with van der Waals surface area (Å²) in [5.74, 6) is 0.00378. The predicted molar refractivity (Wildman–Crippen MR) is 210 cm³/mol. The molecule has 0 heterocycles. The van der Waals surface area contributed by atoms with Crippen LogP contribution >= 0.6 is 0 Å². The maximum Gasteiger partial charge on any atom is 0.306 e. The number of ether oxygens (including phenoxy) is 3. The summed E-state index contributed by atoms with van der Waals surface area (Å²) in [6.45, 7) is 8.96. The zero-order valence-electron chi connectivity index (χ0n) is 33.9. The fourth-order valence-corrected chi connectivity index (χ4v) is 6.42. The normalized spacial score (nSPS) is 12.5. The molecule has 0 aromatic rings. The number of carbonyl (C=O) groups is 3. The second-order valence-electron chi connectivity index (χ2n) is 15.2. The molecule has 0 aliphatic carbocycles. The molecular weight excluding hydrogens is 624 g/mol. The SMILES string of the molecule is CCCCCCCCCCCCCC(=O)OC[C@H](COC(=O)CCCCCCCCC)OC(=O)CCCCCCCCCCCCC(C)CC. The van der Waals surface area contributed by atoms with Crippen molar-refractivity contribution in [3.63, 3.8) is 0 Å². The van der Waals surface area contributed by atoms with Crippen LogP contribution < -0.4 is 0 Å². The monoisotopic (exact) mass is 709 g/mol. The van der Waals surface area contributed by atoms with Crippen LogP contribution in [-0.2, 0) is 28.6 Å². The van der Waals surface area contributed by atoms with E-state index in [0.717, 1.165) is 63.7 Å². The van der Waals surface area contributed by atoms with E-state index in [2.05, 4.69) is 27.7 Å². The van der Waals surface area contributed by atoms with Crippen molar-refractivity contribution in [1.82, 2.24) is 0 Å². The van der Waals surface area contributed by atoms with Gasteiger partial charge < -0.3 is 14.2 Å². The highest BCUT2D eigenvalue weighted by Crippen LogP contribution is 2.17. The molecule has 296 valence electrons. The standard InChI is InChI=1S/C44H84O6/c1-5-8-10-12-14-15-16-20-24-28-32-36-43(46)49-39-41(38-48-42(45)35-31-27-22-13-11-9-6-2)50-44(47)37-33-29-25-21-18-17-19-23-26-30-34-40(4)7-3/h40-41H,5-39H2,1-4H3/t40?,41-/m0/s1. The number of hydrogen-bond acceptors (Lipinski definition) is 6. The zero-order valence-corrected chi connectivity index (χ0v) is 33.9. The Labute approximate surface area is 310 Å². The molecule has 0 spiro atoms. The van der Waals surface area contributed by atoms with Gasteiger partial charge in [-0.05, 0) is 25.2 Å². The molecule has 0 bridgehead atoms. The van der Waals surface area contributed by atoms with Crippen molar-refractivity contribution in [3.05, 3.63) is 0 Å². The Morgan fingerprint density at radius 2 is 0.700 bits per heavy atom. The van der Waals surface area contributed by atoms with E-state index in [-0.39, 0.29) is 31.1 Å². The molecule has 0 amide bonds. The lowest BCUT2D eigenvalue weighted by Crippen LogP contribution is -2.30. The Morgan fingerprint density at radius 3 is 1.04 bits per heavy atom. The molecule has 0 aliphatic rings. The molecule has 6 nitrogen and oxygen atoms in total. The second kappa shape index (κ2) is 38.6. The van der Waals surface area contributed by atoms with Crippen LogP contribution in [0.3, 0.4) is 0 Å². The average Bonchev–Trinajstić information content (AvgIpc) is 3.11. The number of hydrogen-bond donors (Lipinski definition) is 0. The van der Waals surface area contributed by atoms with E-state index >= 15 is 0 Å². The molecule has 0 saturated heterocycles. The van der Waals surface area contributed by atoms with Gasteiger partial charge in [-0.15, -0.1) is 0 Å². The topological polar surface area (TPSA) is 78.9 Å². The van der Waals surface area contributed by atoms with Crippen LogP contribution in [-0.4, -0.2) is 37.2 Å². The van der Waals surface area contributed by atoms with Gasteiger partial charge in [-0.2, -0.15) is 0 Å². The van der Waals surface area contributed by atoms with Crippen molar-refractivity contribution in [3.8, 4) is 0 Å². The number of rotatable bonds is 39. The van der Waals surface area contributed by atoms with Crippen molar-refractivity contribution >= 4 is 17.9 Å². The van der Waals surface area contributed by atoms with Gasteiger partial charge in [-0.1, -0.05) is 201 Å². The second-order valence-corrected chi connectivity index (χ2v) is 15.2. The van der Waals surface area contributed by atoms with Crippen molar-refractivity contribution in [2.45, 2.75) is 246 Å². The quantitative estimate of drug-likeness (QED) is 0.0359. The van der Waals surface area contributed by atoms with Crippen LogP contribution in [0.4, 0.5) is 0 Å². The summed E-state index contributed by atoms with van der Waals surface area (Å²) in [5.41, 5.74) is 0. The average molecular weight is 709 g/mol. The van der Waals surface area contributed by atoms with E-state index in [4.69, 9.17) is 14.2 Å². The predicted octanol–water partition coefficient (Wildman–Crippen LogP) is 13.6. The minimum absolute atomic E-state index is 0.0645. The van der Waals surface area contributed by atoms with Crippen LogP contribution in [0.2, 0.25) is 0 Å². The van der Waals surface area contributed by atoms with Crippen molar-refractivity contribution < 1.29 is 28.6 Å². The highest BCUT2D eigenvalue weighted by molar-refractivity contribution is 5.71. The molecule has 1 unspecified atom stereocenters. The van der Waals surface area contributed by atoms with Gasteiger partial charge in [0.25, 0.3) is 0 Å². The van der Waals surface area contributed by atoms with Gasteiger partial charge >= 0.3 is 17.9 Å². The van der Waals surface area contributed by atoms with Gasteiger partial charge in [0.2, 0.25) is 0 Å². The molecule has 6 heteroatoms. The third-order valence-corrected chi connectivity index (χ3v) is 10.2. The van der Waals surface area contributed by atoms with Gasteiger partial charge in [0.15, 0.2) is 6.10 Å². The molecule has 0 aliphatic heterocycles. The van der Waals surface area contributed by atoms with Crippen molar-refractivity contribution in [2.75, 3.05) is 13.2 Å². The van der Waals surface area contributed by atoms with Crippen LogP contribution in [0.5, 0.6) is 0 Å². The smallest absolute Gasteiger partial charge is 0.306 e. The summed E-state index contributed by atoms with van der Waals surface area (Å²) in [6, 6.07) is 0. The Bertz CT molecular complexity index is 753. The molecule has 0 N–H and O–H groups in total. The summed E-state index contributed by atoms with van der Waals surface area (Å²) < 4.78 is 16.6. The van der Waals surface area contributed by atoms with Gasteiger partial charge in [0.05, 0.1) is 0 Å². The van der Waals surface area contributed by atoms with Crippen LogP contribution in [0.15, 0.2) is 0 Å². The van der Waals surface area contributed by atoms with E-state index in [9.17, 15) is 14.4 Å². The van der Waals surface area contributed by atoms with Crippen molar-refractivity contribution in [2.24, 2.45) is 5.92 Å². The maximum atomic E-state index is 12.7. The highest BCUT2D eigenvalue weighted by Gasteiger charge is 2.19. The van der Waals surface area contributed by atoms with E-state index < -0.39 is 6.10 Å². The molecule has 0 aromatic carbocycles. The molecule has 0 saturated carbocycles. The van der Waals surface area contributed by atoms with Gasteiger partial charge in [0, 0.05) is 19.3 Å². The zero-order chi connectivity index (χ0) is 36.8. The van der Waals surface area contributed by atoms with Gasteiger partial charge in [0.1, 0.15) is 13.2 Å². The van der Waals surface area contributed by atoms with Crippen molar-refractivity contribution in [1.29, 1.82) is 0 Å². The Balaban J connectivity index is 4.29. The maximum absolute atomic E-state index is 12.7. The van der Waals surface area contributed by atoms with E-state index in [1.54, 1.807) is 0 Å². The van der Waals surface area contributed by atoms with Crippen LogP contribution in [0, 0.1) is 5.92 Å². The summed E-state index contributed by atoms with van der Waals surface area (Å²) in [5, 5.41) is 0. The fraction of sp³-hybridized carbons (Fsp3) is 0.932. The van der Waals surface area contributed by atoms with Gasteiger partial charge in [-0.3, -0.25) is 14.4 Å². The Morgan fingerprint density at radius 1 is 0.400 bits per heavy atom. The summed E-state index contributed by atoms with van der Waals surface area (Å²) in [7, 11) is 0. The number of carbonyl (C=O) groups excluding carboxylic acids is 3. The molecule has 50 heavy (non-hydrogen) atoms. The highest BCUT2D eigenvalue weighted by atomic mass is 16.6. The lowest BCUT2D eigenvalue weighted by molar-refractivity contribution is -0.167. The van der Waals surface area contributed by atoms with Crippen LogP contribution in [0.1, 0.15) is 240 Å².